The second-order valence-electron chi connectivity index (χ2n) is 8.30. The van der Waals surface area contributed by atoms with Gasteiger partial charge < -0.3 is 25.6 Å². The highest BCUT2D eigenvalue weighted by Gasteiger charge is 2.54. The van der Waals surface area contributed by atoms with Gasteiger partial charge >= 0.3 is 12.1 Å². The fraction of sp³-hybridized carbons (Fsp3) is 0.429. The molecule has 0 aromatic heterocycles. The lowest BCUT2D eigenvalue weighted by molar-refractivity contribution is -0.151. The van der Waals surface area contributed by atoms with Crippen molar-refractivity contribution in [2.45, 2.75) is 43.8 Å². The molecule has 0 radical (unpaired) electrons. The Kier molecular flexibility index (Phi) is 6.79. The Labute approximate surface area is 189 Å². The predicted octanol–water partition coefficient (Wildman–Crippen LogP) is 0.983. The molecular weight excluding hydrogens is 438 g/mol. The number of carbonyl (C=O) groups excluding carboxylic acids is 3. The molecule has 0 spiro atoms. The van der Waals surface area contributed by atoms with Crippen LogP contribution in [0.5, 0.6) is 0 Å². The number of nitrogens with one attached hydrogen (secondary N) is 2. The standard InChI is InChI=1S/C21H25N3O7S/c1-21(2,3)31-20(30)23-13(11-7-5-4-6-8-11)16(26)22-14-17(27)24-15(19(28)29)12(9-25)10-32-18(14)24/h4-8,13-14,18,25H,9-10H2,1-3H3,(H,22,26)(H,23,30)(H,28,29)/t13-,14+,18-/m0/s1. The number of fused-ring (bicyclic) bond motifs is 1. The minimum absolute atomic E-state index is 0.219. The summed E-state index contributed by atoms with van der Waals surface area (Å²) in [5.74, 6) is -2.32. The van der Waals surface area contributed by atoms with Crippen molar-refractivity contribution in [3.8, 4) is 0 Å². The highest BCUT2D eigenvalue weighted by Crippen LogP contribution is 2.40. The molecule has 0 saturated carbocycles. The number of carboxylic acid groups (broad SMARTS) is 1. The van der Waals surface area contributed by atoms with Crippen LogP contribution in [0, 0.1) is 0 Å². The number of alkyl carbamates (subject to hydrolysis) is 1. The first-order chi connectivity index (χ1) is 15.0. The Morgan fingerprint density at radius 2 is 1.91 bits per heavy atom. The first-order valence-corrected chi connectivity index (χ1v) is 10.9. The minimum atomic E-state index is -1.31. The maximum absolute atomic E-state index is 13.1. The van der Waals surface area contributed by atoms with E-state index in [1.54, 1.807) is 51.1 Å². The van der Waals surface area contributed by atoms with Crippen molar-refractivity contribution in [3.63, 3.8) is 0 Å². The van der Waals surface area contributed by atoms with Crippen molar-refractivity contribution in [2.75, 3.05) is 12.4 Å². The third-order valence-corrected chi connectivity index (χ3v) is 6.13. The molecule has 2 heterocycles. The summed E-state index contributed by atoms with van der Waals surface area (Å²) >= 11 is 1.25. The topological polar surface area (TPSA) is 145 Å². The quantitative estimate of drug-likeness (QED) is 0.457. The summed E-state index contributed by atoms with van der Waals surface area (Å²) in [7, 11) is 0. The van der Waals surface area contributed by atoms with Crippen molar-refractivity contribution in [2.24, 2.45) is 0 Å². The van der Waals surface area contributed by atoms with E-state index >= 15 is 0 Å². The summed E-state index contributed by atoms with van der Waals surface area (Å²) in [5.41, 5.74) is -0.289. The van der Waals surface area contributed by atoms with Gasteiger partial charge in [-0.1, -0.05) is 30.3 Å². The van der Waals surface area contributed by atoms with Gasteiger partial charge in [0.25, 0.3) is 5.91 Å². The van der Waals surface area contributed by atoms with Crippen molar-refractivity contribution in [1.29, 1.82) is 0 Å². The molecule has 1 saturated heterocycles. The Balaban J connectivity index is 1.77. The predicted molar refractivity (Wildman–Crippen MR) is 115 cm³/mol. The molecule has 1 aromatic carbocycles. The van der Waals surface area contributed by atoms with E-state index in [4.69, 9.17) is 4.74 Å². The van der Waals surface area contributed by atoms with Gasteiger partial charge in [-0.05, 0) is 31.9 Å². The van der Waals surface area contributed by atoms with E-state index in [9.17, 15) is 29.4 Å². The van der Waals surface area contributed by atoms with E-state index in [0.29, 0.717) is 5.56 Å². The number of aliphatic hydroxyl groups excluding tert-OH is 1. The maximum Gasteiger partial charge on any atom is 0.408 e. The second kappa shape index (κ2) is 9.21. The lowest BCUT2D eigenvalue weighted by Crippen LogP contribution is -2.71. The molecule has 32 heavy (non-hydrogen) atoms. The van der Waals surface area contributed by atoms with Gasteiger partial charge in [-0.2, -0.15) is 0 Å². The number of carbonyl (C=O) groups is 4. The number of aliphatic carboxylic acids is 1. The summed E-state index contributed by atoms with van der Waals surface area (Å²) in [6.45, 7) is 4.61. The van der Waals surface area contributed by atoms with Crippen molar-refractivity contribution in [3.05, 3.63) is 47.2 Å². The van der Waals surface area contributed by atoms with Crippen molar-refractivity contribution >= 4 is 35.6 Å². The fourth-order valence-corrected chi connectivity index (χ4v) is 4.75. The Hall–Kier alpha value is -3.05. The monoisotopic (exact) mass is 463 g/mol. The largest absolute Gasteiger partial charge is 0.477 e. The van der Waals surface area contributed by atoms with E-state index in [0.717, 1.165) is 4.90 Å². The number of nitrogens with zero attached hydrogens (tertiary/aromatic N) is 1. The van der Waals surface area contributed by atoms with Crippen molar-refractivity contribution < 1.29 is 34.1 Å². The van der Waals surface area contributed by atoms with Gasteiger partial charge in [0.05, 0.1) is 6.61 Å². The third-order valence-electron chi connectivity index (χ3n) is 4.79. The number of benzene rings is 1. The van der Waals surface area contributed by atoms with Gasteiger partial charge in [0, 0.05) is 5.75 Å². The van der Waals surface area contributed by atoms with Crippen LogP contribution in [0.2, 0.25) is 0 Å². The second-order valence-corrected chi connectivity index (χ2v) is 9.41. The van der Waals surface area contributed by atoms with Gasteiger partial charge in [0.1, 0.15) is 28.8 Å². The lowest BCUT2D eigenvalue weighted by Gasteiger charge is -2.49. The summed E-state index contributed by atoms with van der Waals surface area (Å²) in [4.78, 5) is 50.7. The van der Waals surface area contributed by atoms with Crippen LogP contribution in [0.25, 0.3) is 0 Å². The Morgan fingerprint density at radius 3 is 2.47 bits per heavy atom. The van der Waals surface area contributed by atoms with Crippen LogP contribution in [-0.2, 0) is 19.1 Å². The number of hydrogen-bond donors (Lipinski definition) is 4. The molecule has 3 rings (SSSR count). The first-order valence-electron chi connectivity index (χ1n) is 9.89. The molecule has 2 aliphatic rings. The fourth-order valence-electron chi connectivity index (χ4n) is 3.41. The Bertz CT molecular complexity index is 958. The molecule has 0 aliphatic carbocycles. The maximum atomic E-state index is 13.1. The van der Waals surface area contributed by atoms with Crippen LogP contribution in [0.4, 0.5) is 4.79 Å². The average Bonchev–Trinajstić information content (AvgIpc) is 2.73. The zero-order valence-corrected chi connectivity index (χ0v) is 18.6. The highest BCUT2D eigenvalue weighted by atomic mass is 32.2. The third kappa shape index (κ3) is 4.89. The van der Waals surface area contributed by atoms with Crippen LogP contribution in [0.3, 0.4) is 0 Å². The van der Waals surface area contributed by atoms with Gasteiger partial charge in [-0.25, -0.2) is 9.59 Å². The van der Waals surface area contributed by atoms with E-state index < -0.39 is 53.5 Å². The van der Waals surface area contributed by atoms with Gasteiger partial charge in [-0.3, -0.25) is 14.5 Å². The number of amides is 3. The number of aliphatic hydroxyl groups is 1. The molecule has 172 valence electrons. The molecule has 4 N–H and O–H groups in total. The van der Waals surface area contributed by atoms with Crippen LogP contribution in [0.15, 0.2) is 41.6 Å². The van der Waals surface area contributed by atoms with Gasteiger partial charge in [0.2, 0.25) is 5.91 Å². The number of rotatable bonds is 6. The number of carboxylic acids is 1. The van der Waals surface area contributed by atoms with Gasteiger partial charge in [-0.15, -0.1) is 11.8 Å². The number of β-lactam (4-membered cyclic amide) rings is 1. The van der Waals surface area contributed by atoms with E-state index in [-0.39, 0.29) is 17.0 Å². The van der Waals surface area contributed by atoms with Crippen LogP contribution in [0.1, 0.15) is 32.4 Å². The van der Waals surface area contributed by atoms with E-state index in [1.807, 2.05) is 0 Å². The van der Waals surface area contributed by atoms with E-state index in [1.165, 1.54) is 11.8 Å². The average molecular weight is 464 g/mol. The SMILES string of the molecule is CC(C)(C)OC(=O)N[C@H](C(=O)N[C@@H]1C(=O)N2C(C(=O)O)=C(CO)CS[C@@H]12)c1ccccc1. The zero-order chi connectivity index (χ0) is 23.6. The molecule has 11 heteroatoms. The minimum Gasteiger partial charge on any atom is -0.477 e. The molecule has 1 aromatic rings. The normalized spacial score (nSPS) is 21.2. The summed E-state index contributed by atoms with van der Waals surface area (Å²) in [5, 5.41) is 23.4. The number of ether oxygens (including phenoxy) is 1. The van der Waals surface area contributed by atoms with Crippen LogP contribution < -0.4 is 10.6 Å². The Morgan fingerprint density at radius 1 is 1.25 bits per heavy atom. The number of hydrogen-bond acceptors (Lipinski definition) is 7. The summed E-state index contributed by atoms with van der Waals surface area (Å²) in [6.07, 6.45) is -0.793. The van der Waals surface area contributed by atoms with Crippen LogP contribution >= 0.6 is 11.8 Å². The van der Waals surface area contributed by atoms with E-state index in [2.05, 4.69) is 10.6 Å². The van der Waals surface area contributed by atoms with Gasteiger partial charge in [0.15, 0.2) is 0 Å². The molecular formula is C21H25N3O7S. The molecule has 2 aliphatic heterocycles. The molecule has 10 nitrogen and oxygen atoms in total. The van der Waals surface area contributed by atoms with Crippen molar-refractivity contribution in [1.82, 2.24) is 15.5 Å². The molecule has 3 amide bonds. The lowest BCUT2D eigenvalue weighted by atomic mass is 10.0. The zero-order valence-electron chi connectivity index (χ0n) is 17.8. The molecule has 3 atom stereocenters. The molecule has 1 fully saturated rings. The number of thioether (sulfide) groups is 1. The first kappa shape index (κ1) is 23.6. The van der Waals surface area contributed by atoms with Crippen LogP contribution in [-0.4, -0.2) is 68.4 Å². The molecule has 0 unspecified atom stereocenters. The highest BCUT2D eigenvalue weighted by molar-refractivity contribution is 8.00. The molecule has 0 bridgehead atoms. The smallest absolute Gasteiger partial charge is 0.408 e. The summed E-state index contributed by atoms with van der Waals surface area (Å²) in [6, 6.07) is 6.41. The summed E-state index contributed by atoms with van der Waals surface area (Å²) < 4.78 is 5.25.